The van der Waals surface area contributed by atoms with E-state index in [9.17, 15) is 9.59 Å². The van der Waals surface area contributed by atoms with E-state index in [0.717, 1.165) is 17.5 Å². The van der Waals surface area contributed by atoms with E-state index in [2.05, 4.69) is 36.3 Å². The van der Waals surface area contributed by atoms with Crippen LogP contribution in [0.25, 0.3) is 0 Å². The summed E-state index contributed by atoms with van der Waals surface area (Å²) >= 11 is 0. The summed E-state index contributed by atoms with van der Waals surface area (Å²) in [6, 6.07) is 14.0. The lowest BCUT2D eigenvalue weighted by atomic mass is 9.81. The molecule has 0 aliphatic carbocycles. The van der Waals surface area contributed by atoms with Gasteiger partial charge < -0.3 is 10.2 Å². The van der Waals surface area contributed by atoms with E-state index in [1.165, 1.54) is 0 Å². The van der Waals surface area contributed by atoms with E-state index < -0.39 is 0 Å². The van der Waals surface area contributed by atoms with Crippen molar-refractivity contribution in [3.8, 4) is 0 Å². The van der Waals surface area contributed by atoms with Crippen LogP contribution in [0.2, 0.25) is 0 Å². The third kappa shape index (κ3) is 5.16. The van der Waals surface area contributed by atoms with Crippen molar-refractivity contribution >= 4 is 11.8 Å². The second-order valence-electron chi connectivity index (χ2n) is 7.86. The molecule has 0 saturated carbocycles. The van der Waals surface area contributed by atoms with Crippen LogP contribution in [0.1, 0.15) is 44.2 Å². The number of carbonyl (C=O) groups excluding carboxylic acids is 2. The SMILES string of the molecule is CC(C)(CC(=O)N(Cc1ccncc1)CC1CCC(=O)N1)c1ccccc1. The average molecular weight is 365 g/mol. The number of carbonyl (C=O) groups is 2. The van der Waals surface area contributed by atoms with Crippen LogP contribution in [0, 0.1) is 0 Å². The third-order valence-electron chi connectivity index (χ3n) is 5.15. The number of amides is 2. The molecule has 2 heterocycles. The molecule has 1 saturated heterocycles. The van der Waals surface area contributed by atoms with Crippen molar-refractivity contribution in [2.24, 2.45) is 0 Å². The highest BCUT2D eigenvalue weighted by Gasteiger charge is 2.30. The monoisotopic (exact) mass is 365 g/mol. The fourth-order valence-electron chi connectivity index (χ4n) is 3.52. The Morgan fingerprint density at radius 2 is 1.89 bits per heavy atom. The Hall–Kier alpha value is -2.69. The topological polar surface area (TPSA) is 62.3 Å². The van der Waals surface area contributed by atoms with Crippen molar-refractivity contribution in [1.29, 1.82) is 0 Å². The molecule has 0 bridgehead atoms. The molecule has 1 aromatic heterocycles. The van der Waals surface area contributed by atoms with Crippen molar-refractivity contribution in [3.63, 3.8) is 0 Å². The molecule has 1 unspecified atom stereocenters. The second kappa shape index (κ2) is 8.33. The van der Waals surface area contributed by atoms with Gasteiger partial charge in [0.25, 0.3) is 0 Å². The highest BCUT2D eigenvalue weighted by Crippen LogP contribution is 2.28. The molecule has 3 rings (SSSR count). The number of pyridine rings is 1. The minimum atomic E-state index is -0.256. The van der Waals surface area contributed by atoms with Gasteiger partial charge in [-0.25, -0.2) is 0 Å². The van der Waals surface area contributed by atoms with Gasteiger partial charge in [0.05, 0.1) is 0 Å². The van der Waals surface area contributed by atoms with Gasteiger partial charge in [0.1, 0.15) is 0 Å². The molecule has 27 heavy (non-hydrogen) atoms. The van der Waals surface area contributed by atoms with Crippen LogP contribution in [0.4, 0.5) is 0 Å². The Bertz CT molecular complexity index is 775. The van der Waals surface area contributed by atoms with Gasteiger partial charge in [0.2, 0.25) is 11.8 Å². The Labute approximate surface area is 160 Å². The lowest BCUT2D eigenvalue weighted by molar-refractivity contribution is -0.133. The fourth-order valence-corrected chi connectivity index (χ4v) is 3.52. The first kappa shape index (κ1) is 19.1. The highest BCUT2D eigenvalue weighted by atomic mass is 16.2. The number of benzene rings is 1. The van der Waals surface area contributed by atoms with Crippen molar-refractivity contribution in [3.05, 3.63) is 66.0 Å². The van der Waals surface area contributed by atoms with Gasteiger partial charge in [-0.1, -0.05) is 44.2 Å². The Balaban J connectivity index is 1.74. The summed E-state index contributed by atoms with van der Waals surface area (Å²) < 4.78 is 0. The van der Waals surface area contributed by atoms with Crippen molar-refractivity contribution in [1.82, 2.24) is 15.2 Å². The molecule has 142 valence electrons. The largest absolute Gasteiger partial charge is 0.352 e. The summed E-state index contributed by atoms with van der Waals surface area (Å²) in [5.74, 6) is 0.169. The van der Waals surface area contributed by atoms with E-state index >= 15 is 0 Å². The van der Waals surface area contributed by atoms with Gasteiger partial charge in [0, 0.05) is 44.4 Å². The van der Waals surface area contributed by atoms with Crippen LogP contribution in [0.5, 0.6) is 0 Å². The molecular formula is C22H27N3O2. The molecule has 1 atom stereocenters. The maximum absolute atomic E-state index is 13.2. The first-order chi connectivity index (χ1) is 12.9. The number of nitrogens with zero attached hydrogens (tertiary/aromatic N) is 2. The van der Waals surface area contributed by atoms with Gasteiger partial charge >= 0.3 is 0 Å². The van der Waals surface area contributed by atoms with Gasteiger partial charge in [-0.05, 0) is 35.1 Å². The van der Waals surface area contributed by atoms with Gasteiger partial charge in [-0.3, -0.25) is 14.6 Å². The summed E-state index contributed by atoms with van der Waals surface area (Å²) in [7, 11) is 0. The zero-order chi connectivity index (χ0) is 19.3. The second-order valence-corrected chi connectivity index (χ2v) is 7.86. The lowest BCUT2D eigenvalue weighted by Crippen LogP contribution is -2.43. The Morgan fingerprint density at radius 1 is 1.19 bits per heavy atom. The fraction of sp³-hybridized carbons (Fsp3) is 0.409. The van der Waals surface area contributed by atoms with E-state index in [1.807, 2.05) is 35.2 Å². The van der Waals surface area contributed by atoms with Gasteiger partial charge in [0.15, 0.2) is 0 Å². The van der Waals surface area contributed by atoms with Crippen molar-refractivity contribution in [2.45, 2.75) is 51.1 Å². The number of nitrogens with one attached hydrogen (secondary N) is 1. The molecule has 1 fully saturated rings. The molecule has 2 amide bonds. The van der Waals surface area contributed by atoms with E-state index in [1.54, 1.807) is 12.4 Å². The molecule has 0 spiro atoms. The summed E-state index contributed by atoms with van der Waals surface area (Å²) in [4.78, 5) is 30.7. The van der Waals surface area contributed by atoms with Crippen LogP contribution in [-0.2, 0) is 21.5 Å². The molecule has 5 heteroatoms. The zero-order valence-corrected chi connectivity index (χ0v) is 16.0. The van der Waals surface area contributed by atoms with Crippen molar-refractivity contribution in [2.75, 3.05) is 6.54 Å². The molecule has 1 aromatic carbocycles. The molecule has 5 nitrogen and oxygen atoms in total. The molecular weight excluding hydrogens is 338 g/mol. The van der Waals surface area contributed by atoms with E-state index in [4.69, 9.17) is 0 Å². The number of rotatable bonds is 7. The normalized spacial score (nSPS) is 16.8. The van der Waals surface area contributed by atoms with Crippen LogP contribution >= 0.6 is 0 Å². The van der Waals surface area contributed by atoms with Crippen molar-refractivity contribution < 1.29 is 9.59 Å². The molecule has 0 radical (unpaired) electrons. The van der Waals surface area contributed by atoms with Crippen LogP contribution in [0.15, 0.2) is 54.9 Å². The minimum Gasteiger partial charge on any atom is -0.352 e. The van der Waals surface area contributed by atoms with Crippen LogP contribution < -0.4 is 5.32 Å². The minimum absolute atomic E-state index is 0.0307. The summed E-state index contributed by atoms with van der Waals surface area (Å²) in [6.45, 7) is 5.26. The number of hydrogen-bond donors (Lipinski definition) is 1. The summed E-state index contributed by atoms with van der Waals surface area (Å²) in [5, 5.41) is 2.97. The standard InChI is InChI=1S/C22H27N3O2/c1-22(2,18-6-4-3-5-7-18)14-21(27)25(15-17-10-12-23-13-11-17)16-19-8-9-20(26)24-19/h3-7,10-13,19H,8-9,14-16H2,1-2H3,(H,24,26). The quantitative estimate of drug-likeness (QED) is 0.820. The molecule has 1 aliphatic heterocycles. The summed E-state index contributed by atoms with van der Waals surface area (Å²) in [6.07, 6.45) is 5.22. The van der Waals surface area contributed by atoms with Crippen LogP contribution in [0.3, 0.4) is 0 Å². The zero-order valence-electron chi connectivity index (χ0n) is 16.0. The predicted octanol–water partition coefficient (Wildman–Crippen LogP) is 3.06. The van der Waals surface area contributed by atoms with Gasteiger partial charge in [-0.2, -0.15) is 0 Å². The van der Waals surface area contributed by atoms with Gasteiger partial charge in [-0.15, -0.1) is 0 Å². The third-order valence-corrected chi connectivity index (χ3v) is 5.15. The predicted molar refractivity (Wildman–Crippen MR) is 105 cm³/mol. The highest BCUT2D eigenvalue weighted by molar-refractivity contribution is 5.80. The molecule has 1 aliphatic rings. The maximum atomic E-state index is 13.2. The number of aromatic nitrogens is 1. The summed E-state index contributed by atoms with van der Waals surface area (Å²) in [5.41, 5.74) is 1.94. The Morgan fingerprint density at radius 3 is 2.52 bits per heavy atom. The van der Waals surface area contributed by atoms with E-state index in [-0.39, 0.29) is 23.3 Å². The van der Waals surface area contributed by atoms with E-state index in [0.29, 0.717) is 25.9 Å². The molecule has 2 aromatic rings. The first-order valence-corrected chi connectivity index (χ1v) is 9.45. The molecule has 1 N–H and O–H groups in total. The number of hydrogen-bond acceptors (Lipinski definition) is 3. The smallest absolute Gasteiger partial charge is 0.223 e. The van der Waals surface area contributed by atoms with Crippen LogP contribution in [-0.4, -0.2) is 34.3 Å². The average Bonchev–Trinajstić information content (AvgIpc) is 3.07. The lowest BCUT2D eigenvalue weighted by Gasteiger charge is -2.31. The maximum Gasteiger partial charge on any atom is 0.223 e. The Kier molecular flexibility index (Phi) is 5.89. The first-order valence-electron chi connectivity index (χ1n) is 9.45.